The Hall–Kier alpha value is -1.95. The quantitative estimate of drug-likeness (QED) is 0.795. The Morgan fingerprint density at radius 1 is 0.818 bits per heavy atom. The topological polar surface area (TPSA) is 47.4 Å². The maximum Gasteiger partial charge on any atom is 0.340 e. The maximum absolute atomic E-state index is 12.7. The third-order valence-corrected chi connectivity index (χ3v) is 4.06. The van der Waals surface area contributed by atoms with Gasteiger partial charge in [0, 0.05) is 10.0 Å². The van der Waals surface area contributed by atoms with E-state index in [4.69, 9.17) is 40.8 Å². The van der Waals surface area contributed by atoms with Crippen molar-refractivity contribution in [1.29, 1.82) is 5.41 Å². The minimum atomic E-state index is -0.403. The summed E-state index contributed by atoms with van der Waals surface area (Å²) in [5.74, 6) is -0.0442. The van der Waals surface area contributed by atoms with Gasteiger partial charge in [-0.15, -0.1) is 0 Å². The Labute approximate surface area is 142 Å². The molecule has 2 aromatic carbocycles. The van der Waals surface area contributed by atoms with Crippen LogP contribution in [0.25, 0.3) is 0 Å². The van der Waals surface area contributed by atoms with Gasteiger partial charge in [-0.05, 0) is 48.5 Å². The number of carbonyl (C=O) groups is 1. The normalized spacial score (nSPS) is 14.9. The first-order valence-electron chi connectivity index (χ1n) is 6.27. The lowest BCUT2D eigenvalue weighted by Crippen LogP contribution is -2.33. The molecule has 1 fully saturated rings. The fourth-order valence-corrected chi connectivity index (χ4v) is 2.66. The van der Waals surface area contributed by atoms with Crippen molar-refractivity contribution < 1.29 is 4.79 Å². The Kier molecular flexibility index (Phi) is 3.87. The van der Waals surface area contributed by atoms with Crippen LogP contribution in [0, 0.1) is 5.41 Å². The number of carbonyl (C=O) groups excluding carboxylic acids is 1. The molecule has 4 nitrogen and oxygen atoms in total. The minimum Gasteiger partial charge on any atom is -0.281 e. The molecule has 7 heteroatoms. The monoisotopic (exact) mass is 349 g/mol. The molecule has 0 aromatic heterocycles. The van der Waals surface area contributed by atoms with Crippen molar-refractivity contribution in [3.05, 3.63) is 58.6 Å². The Bertz CT molecular complexity index is 709. The van der Waals surface area contributed by atoms with E-state index in [0.717, 1.165) is 0 Å². The predicted octanol–water partition coefficient (Wildman–Crippen LogP) is 4.74. The lowest BCUT2D eigenvalue weighted by Gasteiger charge is -2.17. The second-order valence-electron chi connectivity index (χ2n) is 4.56. The number of anilines is 2. The van der Waals surface area contributed by atoms with E-state index in [1.54, 1.807) is 48.5 Å². The molecule has 1 N–H and O–H groups in total. The number of hydrogen-bond acceptors (Lipinski definition) is 3. The molecular formula is C15H9Cl2N3OS. The van der Waals surface area contributed by atoms with E-state index in [0.29, 0.717) is 21.4 Å². The van der Waals surface area contributed by atoms with Gasteiger partial charge < -0.3 is 0 Å². The molecule has 0 bridgehead atoms. The van der Waals surface area contributed by atoms with E-state index in [-0.39, 0.29) is 10.8 Å². The zero-order valence-electron chi connectivity index (χ0n) is 11.1. The smallest absolute Gasteiger partial charge is 0.281 e. The van der Waals surface area contributed by atoms with Gasteiger partial charge >= 0.3 is 6.03 Å². The lowest BCUT2D eigenvalue weighted by atomic mass is 10.3. The van der Waals surface area contributed by atoms with Gasteiger partial charge in [0.15, 0.2) is 10.8 Å². The molecule has 110 valence electrons. The molecule has 22 heavy (non-hydrogen) atoms. The zero-order valence-corrected chi connectivity index (χ0v) is 13.4. The van der Waals surface area contributed by atoms with E-state index >= 15 is 0 Å². The molecule has 1 aliphatic rings. The van der Waals surface area contributed by atoms with Gasteiger partial charge in [0.1, 0.15) is 0 Å². The molecule has 0 spiro atoms. The summed E-state index contributed by atoms with van der Waals surface area (Å²) in [6.45, 7) is 0. The van der Waals surface area contributed by atoms with Crippen LogP contribution in [0.5, 0.6) is 0 Å². The molecule has 1 heterocycles. The number of halogens is 2. The van der Waals surface area contributed by atoms with Crippen LogP contribution in [0.2, 0.25) is 10.0 Å². The number of rotatable bonds is 2. The molecule has 0 saturated carbocycles. The summed E-state index contributed by atoms with van der Waals surface area (Å²) in [4.78, 5) is 15.3. The lowest BCUT2D eigenvalue weighted by molar-refractivity contribution is 0.257. The fraction of sp³-hybridized carbons (Fsp3) is 0. The summed E-state index contributed by atoms with van der Waals surface area (Å²) in [5, 5.41) is 9.23. The van der Waals surface area contributed by atoms with Crippen LogP contribution >= 0.6 is 35.4 Å². The second-order valence-corrected chi connectivity index (χ2v) is 5.82. The highest BCUT2D eigenvalue weighted by Gasteiger charge is 2.40. The van der Waals surface area contributed by atoms with Crippen LogP contribution in [-0.2, 0) is 0 Å². The van der Waals surface area contributed by atoms with E-state index in [1.165, 1.54) is 9.80 Å². The summed E-state index contributed by atoms with van der Waals surface area (Å²) >= 11 is 16.9. The van der Waals surface area contributed by atoms with Crippen LogP contribution in [0.3, 0.4) is 0 Å². The first kappa shape index (κ1) is 15.0. The summed E-state index contributed by atoms with van der Waals surface area (Å²) in [7, 11) is 0. The average molecular weight is 350 g/mol. The Morgan fingerprint density at radius 3 is 1.68 bits per heavy atom. The number of thiocarbonyl (C=S) groups is 1. The Morgan fingerprint density at radius 2 is 1.23 bits per heavy atom. The van der Waals surface area contributed by atoms with E-state index in [1.807, 2.05) is 0 Å². The third kappa shape index (κ3) is 2.47. The molecule has 0 unspecified atom stereocenters. The Balaban J connectivity index is 2.00. The fourth-order valence-electron chi connectivity index (χ4n) is 2.13. The number of hydrogen-bond donors (Lipinski definition) is 1. The minimum absolute atomic E-state index is 0.0442. The van der Waals surface area contributed by atoms with Crippen LogP contribution in [0.4, 0.5) is 16.2 Å². The maximum atomic E-state index is 12.7. The van der Waals surface area contributed by atoms with Gasteiger partial charge in [-0.2, -0.15) is 0 Å². The third-order valence-electron chi connectivity index (χ3n) is 3.18. The largest absolute Gasteiger partial charge is 0.340 e. The predicted molar refractivity (Wildman–Crippen MR) is 93.6 cm³/mol. The molecular weight excluding hydrogens is 341 g/mol. The van der Waals surface area contributed by atoms with E-state index < -0.39 is 6.03 Å². The van der Waals surface area contributed by atoms with Crippen molar-refractivity contribution in [2.24, 2.45) is 0 Å². The molecule has 2 aromatic rings. The van der Waals surface area contributed by atoms with Crippen LogP contribution < -0.4 is 9.80 Å². The first-order chi connectivity index (χ1) is 10.5. The number of urea groups is 1. The number of nitrogens with one attached hydrogen (secondary N) is 1. The standard InChI is InChI=1S/C15H9Cl2N3OS/c16-9-1-5-11(6-2-9)19-13(18)14(22)20(15(19)21)12-7-3-10(17)4-8-12/h1-8,18H. The molecule has 0 atom stereocenters. The molecule has 1 aliphatic heterocycles. The highest BCUT2D eigenvalue weighted by atomic mass is 35.5. The van der Waals surface area contributed by atoms with Gasteiger partial charge in [-0.25, -0.2) is 14.6 Å². The molecule has 0 radical (unpaired) electrons. The highest BCUT2D eigenvalue weighted by molar-refractivity contribution is 7.82. The van der Waals surface area contributed by atoms with Crippen molar-refractivity contribution in [1.82, 2.24) is 0 Å². The van der Waals surface area contributed by atoms with E-state index in [9.17, 15) is 4.79 Å². The molecule has 3 rings (SSSR count). The van der Waals surface area contributed by atoms with Crippen LogP contribution in [0.1, 0.15) is 0 Å². The van der Waals surface area contributed by atoms with Gasteiger partial charge in [0.2, 0.25) is 0 Å². The SMILES string of the molecule is N=C1C(=S)N(c2ccc(Cl)cc2)C(=O)N1c1ccc(Cl)cc1. The number of amides is 2. The summed E-state index contributed by atoms with van der Waals surface area (Å²) in [6.07, 6.45) is 0. The van der Waals surface area contributed by atoms with Gasteiger partial charge in [0.25, 0.3) is 0 Å². The van der Waals surface area contributed by atoms with Crippen LogP contribution in [-0.4, -0.2) is 16.9 Å². The van der Waals surface area contributed by atoms with Crippen LogP contribution in [0.15, 0.2) is 48.5 Å². The van der Waals surface area contributed by atoms with Gasteiger partial charge in [0.05, 0.1) is 11.4 Å². The first-order valence-corrected chi connectivity index (χ1v) is 7.43. The van der Waals surface area contributed by atoms with Crippen molar-refractivity contribution >= 4 is 63.6 Å². The van der Waals surface area contributed by atoms with Crippen molar-refractivity contribution in [2.75, 3.05) is 9.80 Å². The van der Waals surface area contributed by atoms with Crippen molar-refractivity contribution in [3.8, 4) is 0 Å². The highest BCUT2D eigenvalue weighted by Crippen LogP contribution is 2.29. The zero-order chi connectivity index (χ0) is 15.9. The van der Waals surface area contributed by atoms with Crippen molar-refractivity contribution in [3.63, 3.8) is 0 Å². The average Bonchev–Trinajstić information content (AvgIpc) is 2.72. The molecule has 1 saturated heterocycles. The van der Waals surface area contributed by atoms with Gasteiger partial charge in [-0.1, -0.05) is 35.4 Å². The number of nitrogens with zero attached hydrogens (tertiary/aromatic N) is 2. The number of benzene rings is 2. The summed E-state index contributed by atoms with van der Waals surface area (Å²) in [6, 6.07) is 13.0. The van der Waals surface area contributed by atoms with Gasteiger partial charge in [-0.3, -0.25) is 5.41 Å². The second kappa shape index (κ2) is 5.68. The van der Waals surface area contributed by atoms with Crippen molar-refractivity contribution in [2.45, 2.75) is 0 Å². The summed E-state index contributed by atoms with van der Waals surface area (Å²) in [5.41, 5.74) is 1.11. The van der Waals surface area contributed by atoms with E-state index in [2.05, 4.69) is 0 Å². The number of amidine groups is 1. The molecule has 2 amide bonds. The summed E-state index contributed by atoms with van der Waals surface area (Å²) < 4.78 is 0. The molecule has 0 aliphatic carbocycles.